The fourth-order valence-corrected chi connectivity index (χ4v) is 2.58. The smallest absolute Gasteiger partial charge is 0.137 e. The lowest BCUT2D eigenvalue weighted by Gasteiger charge is -2.13. The van der Waals surface area contributed by atoms with Gasteiger partial charge in [0, 0.05) is 11.1 Å². The van der Waals surface area contributed by atoms with E-state index in [1.165, 1.54) is 0 Å². The van der Waals surface area contributed by atoms with Crippen molar-refractivity contribution in [3.8, 4) is 11.5 Å². The molecule has 0 aromatic heterocycles. The monoisotopic (exact) mass is 302 g/mol. The van der Waals surface area contributed by atoms with Crippen molar-refractivity contribution in [2.45, 2.75) is 5.92 Å². The molecule has 21 heavy (non-hydrogen) atoms. The van der Waals surface area contributed by atoms with Crippen molar-refractivity contribution in [3.05, 3.63) is 58.6 Å². The molecule has 5 heteroatoms. The van der Waals surface area contributed by atoms with Crippen LogP contribution in [0.4, 0.5) is 0 Å². The summed E-state index contributed by atoms with van der Waals surface area (Å²) in [5, 5.41) is 7.84. The van der Waals surface area contributed by atoms with Gasteiger partial charge in [0.25, 0.3) is 0 Å². The number of halogens is 1. The molecule has 4 nitrogen and oxygen atoms in total. The molecule has 1 aliphatic rings. The Morgan fingerprint density at radius 3 is 2.90 bits per heavy atom. The molecule has 0 radical (unpaired) electrons. The van der Waals surface area contributed by atoms with Crippen molar-refractivity contribution in [2.75, 3.05) is 13.2 Å². The van der Waals surface area contributed by atoms with E-state index in [1.807, 2.05) is 18.2 Å². The summed E-state index contributed by atoms with van der Waals surface area (Å²) in [6.45, 7) is 1.11. The van der Waals surface area contributed by atoms with Crippen LogP contribution in [0.25, 0.3) is 0 Å². The van der Waals surface area contributed by atoms with Gasteiger partial charge >= 0.3 is 0 Å². The summed E-state index contributed by atoms with van der Waals surface area (Å²) in [6.07, 6.45) is 0. The van der Waals surface area contributed by atoms with Gasteiger partial charge in [0.1, 0.15) is 17.3 Å². The summed E-state index contributed by atoms with van der Waals surface area (Å²) < 4.78 is 11.4. The van der Waals surface area contributed by atoms with E-state index in [0.29, 0.717) is 29.5 Å². The highest BCUT2D eigenvalue weighted by atomic mass is 35.5. The van der Waals surface area contributed by atoms with E-state index in [1.54, 1.807) is 18.2 Å². The lowest BCUT2D eigenvalue weighted by molar-refractivity contribution is 0.248. The largest absolute Gasteiger partial charge is 0.493 e. The lowest BCUT2D eigenvalue weighted by atomic mass is 10.0. The Kier molecular flexibility index (Phi) is 3.71. The summed E-state index contributed by atoms with van der Waals surface area (Å²) in [5.74, 6) is 1.70. The minimum Gasteiger partial charge on any atom is -0.493 e. The summed E-state index contributed by atoms with van der Waals surface area (Å²) in [5.41, 5.74) is 7.17. The van der Waals surface area contributed by atoms with Gasteiger partial charge in [0.05, 0.1) is 24.2 Å². The fourth-order valence-electron chi connectivity index (χ4n) is 2.34. The van der Waals surface area contributed by atoms with Crippen molar-refractivity contribution < 1.29 is 9.47 Å². The Balaban J connectivity index is 1.70. The molecule has 0 fully saturated rings. The topological polar surface area (TPSA) is 68.3 Å². The van der Waals surface area contributed by atoms with Crippen molar-refractivity contribution >= 4 is 17.4 Å². The Bertz CT molecular complexity index is 688. The zero-order chi connectivity index (χ0) is 14.8. The van der Waals surface area contributed by atoms with Crippen molar-refractivity contribution in [3.63, 3.8) is 0 Å². The number of nitrogens with one attached hydrogen (secondary N) is 1. The van der Waals surface area contributed by atoms with Gasteiger partial charge in [-0.2, -0.15) is 0 Å². The van der Waals surface area contributed by atoms with Crippen LogP contribution >= 0.6 is 11.6 Å². The van der Waals surface area contributed by atoms with Crippen LogP contribution in [0, 0.1) is 5.41 Å². The molecule has 0 aliphatic carbocycles. The van der Waals surface area contributed by atoms with Crippen LogP contribution in [0.5, 0.6) is 11.5 Å². The van der Waals surface area contributed by atoms with E-state index in [4.69, 9.17) is 32.2 Å². The summed E-state index contributed by atoms with van der Waals surface area (Å²) in [7, 11) is 0. The van der Waals surface area contributed by atoms with Gasteiger partial charge in [0.15, 0.2) is 0 Å². The highest BCUT2D eigenvalue weighted by Crippen LogP contribution is 2.34. The van der Waals surface area contributed by atoms with Gasteiger partial charge < -0.3 is 15.2 Å². The second-order valence-electron chi connectivity index (χ2n) is 4.92. The van der Waals surface area contributed by atoms with Crippen LogP contribution in [-0.2, 0) is 0 Å². The number of benzene rings is 2. The minimum absolute atomic E-state index is 0.0124. The molecular formula is C16H15ClN2O2. The Hall–Kier alpha value is -2.20. The third kappa shape index (κ3) is 2.81. The lowest BCUT2D eigenvalue weighted by Crippen LogP contribution is -2.13. The number of rotatable bonds is 4. The van der Waals surface area contributed by atoms with E-state index in [9.17, 15) is 0 Å². The number of amidine groups is 1. The second kappa shape index (κ2) is 5.66. The highest BCUT2D eigenvalue weighted by Gasteiger charge is 2.24. The molecule has 0 saturated carbocycles. The minimum atomic E-state index is -0.0124. The van der Waals surface area contributed by atoms with E-state index < -0.39 is 0 Å². The first-order valence-corrected chi connectivity index (χ1v) is 7.01. The van der Waals surface area contributed by atoms with Crippen LogP contribution in [0.1, 0.15) is 17.0 Å². The van der Waals surface area contributed by atoms with Crippen molar-refractivity contribution in [1.29, 1.82) is 5.41 Å². The predicted molar refractivity (Wildman–Crippen MR) is 82.6 cm³/mol. The molecule has 2 aromatic rings. The molecular weight excluding hydrogens is 288 g/mol. The van der Waals surface area contributed by atoms with Gasteiger partial charge in [-0.1, -0.05) is 29.8 Å². The second-order valence-corrected chi connectivity index (χ2v) is 5.32. The third-order valence-corrected chi connectivity index (χ3v) is 3.78. The van der Waals surface area contributed by atoms with E-state index in [-0.39, 0.29) is 11.8 Å². The van der Waals surface area contributed by atoms with Gasteiger partial charge in [-0.05, 0) is 24.3 Å². The standard InChI is InChI=1S/C16H15ClN2O2/c17-13-7-10(16(18)19)5-6-15(13)21-9-11-8-20-14-4-2-1-3-12(11)14/h1-7,11H,8-9H2,(H3,18,19). The number of nitrogens with two attached hydrogens (primary N) is 1. The molecule has 0 spiro atoms. The molecule has 3 N–H and O–H groups in total. The number of para-hydroxylation sites is 1. The molecule has 0 bridgehead atoms. The summed E-state index contributed by atoms with van der Waals surface area (Å²) in [6, 6.07) is 13.1. The molecule has 1 aliphatic heterocycles. The summed E-state index contributed by atoms with van der Waals surface area (Å²) >= 11 is 6.15. The van der Waals surface area contributed by atoms with E-state index in [2.05, 4.69) is 6.07 Å². The maximum absolute atomic E-state index is 7.38. The molecule has 108 valence electrons. The molecule has 0 saturated heterocycles. The normalized spacial score (nSPS) is 16.1. The molecule has 1 unspecified atom stereocenters. The number of hydrogen-bond acceptors (Lipinski definition) is 3. The van der Waals surface area contributed by atoms with Crippen molar-refractivity contribution in [1.82, 2.24) is 0 Å². The molecule has 1 heterocycles. The average Bonchev–Trinajstić information content (AvgIpc) is 2.89. The van der Waals surface area contributed by atoms with Crippen LogP contribution in [0.2, 0.25) is 5.02 Å². The van der Waals surface area contributed by atoms with Crippen LogP contribution in [0.15, 0.2) is 42.5 Å². The number of nitrogen functional groups attached to an aromatic ring is 1. The Labute approximate surface area is 127 Å². The number of hydrogen-bond donors (Lipinski definition) is 2. The number of ether oxygens (including phenoxy) is 2. The SMILES string of the molecule is N=C(N)c1ccc(OCC2COc3ccccc32)c(Cl)c1. The van der Waals surface area contributed by atoms with Gasteiger partial charge in [0.2, 0.25) is 0 Å². The molecule has 3 rings (SSSR count). The Morgan fingerprint density at radius 2 is 2.14 bits per heavy atom. The van der Waals surface area contributed by atoms with Crippen LogP contribution in [-0.4, -0.2) is 19.0 Å². The Morgan fingerprint density at radius 1 is 1.33 bits per heavy atom. The first-order chi connectivity index (χ1) is 10.1. The quantitative estimate of drug-likeness (QED) is 0.673. The molecule has 1 atom stereocenters. The first kappa shape index (κ1) is 13.8. The fraction of sp³-hybridized carbons (Fsp3) is 0.188. The maximum Gasteiger partial charge on any atom is 0.137 e. The van der Waals surface area contributed by atoms with Crippen molar-refractivity contribution in [2.24, 2.45) is 5.73 Å². The maximum atomic E-state index is 7.38. The first-order valence-electron chi connectivity index (χ1n) is 6.63. The van der Waals surface area contributed by atoms with Gasteiger partial charge in [-0.25, -0.2) is 0 Å². The van der Waals surface area contributed by atoms with Gasteiger partial charge in [-0.15, -0.1) is 0 Å². The zero-order valence-electron chi connectivity index (χ0n) is 11.3. The van der Waals surface area contributed by atoms with Gasteiger partial charge in [-0.3, -0.25) is 5.41 Å². The molecule has 0 amide bonds. The summed E-state index contributed by atoms with van der Waals surface area (Å²) in [4.78, 5) is 0. The third-order valence-electron chi connectivity index (χ3n) is 3.48. The van der Waals surface area contributed by atoms with E-state index in [0.717, 1.165) is 11.3 Å². The molecule has 2 aromatic carbocycles. The predicted octanol–water partition coefficient (Wildman–Crippen LogP) is 3.18. The van der Waals surface area contributed by atoms with Crippen LogP contribution in [0.3, 0.4) is 0 Å². The van der Waals surface area contributed by atoms with Crippen LogP contribution < -0.4 is 15.2 Å². The zero-order valence-corrected chi connectivity index (χ0v) is 12.1. The highest BCUT2D eigenvalue weighted by molar-refractivity contribution is 6.32. The average molecular weight is 303 g/mol. The number of fused-ring (bicyclic) bond motifs is 1. The van der Waals surface area contributed by atoms with E-state index >= 15 is 0 Å².